The minimum atomic E-state index is -0.0688. The van der Waals surface area contributed by atoms with Gasteiger partial charge in [-0.15, -0.1) is 0 Å². The molecule has 2 N–H and O–H groups in total. The van der Waals surface area contributed by atoms with Crippen molar-refractivity contribution in [2.45, 2.75) is 40.2 Å². The lowest BCUT2D eigenvalue weighted by Crippen LogP contribution is -2.37. The van der Waals surface area contributed by atoms with Gasteiger partial charge >= 0.3 is 0 Å². The summed E-state index contributed by atoms with van der Waals surface area (Å²) in [5.74, 6) is 0.623. The quantitative estimate of drug-likeness (QED) is 0.472. The van der Waals surface area contributed by atoms with E-state index >= 15 is 0 Å². The molecule has 0 saturated heterocycles. The number of carbonyl (C=O) groups is 1. The molecule has 0 aromatic rings. The van der Waals surface area contributed by atoms with Crippen molar-refractivity contribution in [1.82, 2.24) is 10.6 Å². The van der Waals surface area contributed by atoms with E-state index in [2.05, 4.69) is 24.5 Å². The monoisotopic (exact) mass is 216 g/mol. The first-order valence-electron chi connectivity index (χ1n) is 5.61. The van der Waals surface area contributed by atoms with Crippen LogP contribution in [-0.4, -0.2) is 31.8 Å². The first-order valence-corrected chi connectivity index (χ1v) is 5.61. The van der Waals surface area contributed by atoms with Crippen molar-refractivity contribution in [2.24, 2.45) is 5.92 Å². The van der Waals surface area contributed by atoms with Gasteiger partial charge in [-0.05, 0) is 32.7 Å². The molecule has 0 heterocycles. The molecule has 0 aliphatic carbocycles. The Balaban J connectivity index is 3.24. The number of carbonyl (C=O) groups excluding carboxylic acids is 1. The topological polar surface area (TPSA) is 50.4 Å². The molecule has 15 heavy (non-hydrogen) atoms. The second-order valence-electron chi connectivity index (χ2n) is 4.32. The van der Waals surface area contributed by atoms with Crippen LogP contribution in [0.15, 0.2) is 0 Å². The zero-order chi connectivity index (χ0) is 11.7. The number of hydrogen-bond donors (Lipinski definition) is 2. The van der Waals surface area contributed by atoms with E-state index < -0.39 is 0 Å². The Kier molecular flexibility index (Phi) is 8.33. The molecule has 0 aromatic heterocycles. The standard InChI is InChI=1S/C11H24N2O2/c1-9(2)5-6-12-8-13-11(14)7-15-10(3)4/h9-10,12H,5-8H2,1-4H3,(H,13,14). The van der Waals surface area contributed by atoms with E-state index in [1.807, 2.05) is 13.8 Å². The molecule has 0 fully saturated rings. The van der Waals surface area contributed by atoms with Gasteiger partial charge in [-0.2, -0.15) is 0 Å². The van der Waals surface area contributed by atoms with Crippen LogP contribution in [0.5, 0.6) is 0 Å². The van der Waals surface area contributed by atoms with E-state index in [4.69, 9.17) is 4.74 Å². The Labute approximate surface area is 92.8 Å². The van der Waals surface area contributed by atoms with Gasteiger partial charge in [0.05, 0.1) is 12.8 Å². The summed E-state index contributed by atoms with van der Waals surface area (Å²) in [6.45, 7) is 9.77. The van der Waals surface area contributed by atoms with Crippen LogP contribution in [0.25, 0.3) is 0 Å². The number of ether oxygens (including phenoxy) is 1. The maximum atomic E-state index is 11.2. The molecular formula is C11H24N2O2. The zero-order valence-corrected chi connectivity index (χ0v) is 10.3. The molecule has 0 radical (unpaired) electrons. The van der Waals surface area contributed by atoms with Crippen LogP contribution in [0.1, 0.15) is 34.1 Å². The van der Waals surface area contributed by atoms with E-state index in [1.165, 1.54) is 0 Å². The summed E-state index contributed by atoms with van der Waals surface area (Å²) in [6, 6.07) is 0. The third-order valence-electron chi connectivity index (χ3n) is 1.86. The Morgan fingerprint density at radius 2 is 1.93 bits per heavy atom. The lowest BCUT2D eigenvalue weighted by molar-refractivity contribution is -0.127. The van der Waals surface area contributed by atoms with Crippen LogP contribution in [0.3, 0.4) is 0 Å². The molecule has 90 valence electrons. The summed E-state index contributed by atoms with van der Waals surface area (Å²) < 4.78 is 5.16. The van der Waals surface area contributed by atoms with Crippen molar-refractivity contribution in [2.75, 3.05) is 19.8 Å². The molecule has 0 spiro atoms. The van der Waals surface area contributed by atoms with Gasteiger partial charge in [0, 0.05) is 0 Å². The summed E-state index contributed by atoms with van der Waals surface area (Å²) in [7, 11) is 0. The fourth-order valence-electron chi connectivity index (χ4n) is 0.934. The lowest BCUT2D eigenvalue weighted by atomic mass is 10.1. The van der Waals surface area contributed by atoms with Crippen LogP contribution in [0, 0.1) is 5.92 Å². The smallest absolute Gasteiger partial charge is 0.247 e. The zero-order valence-electron chi connectivity index (χ0n) is 10.3. The second-order valence-corrected chi connectivity index (χ2v) is 4.32. The lowest BCUT2D eigenvalue weighted by Gasteiger charge is -2.10. The van der Waals surface area contributed by atoms with Gasteiger partial charge in [0.25, 0.3) is 0 Å². The first kappa shape index (κ1) is 14.4. The van der Waals surface area contributed by atoms with E-state index in [1.54, 1.807) is 0 Å². The molecule has 4 nitrogen and oxygen atoms in total. The maximum Gasteiger partial charge on any atom is 0.247 e. The molecule has 0 aromatic carbocycles. The molecule has 1 amide bonds. The second kappa shape index (κ2) is 8.68. The Bertz CT molecular complexity index is 170. The highest BCUT2D eigenvalue weighted by Crippen LogP contribution is 1.95. The van der Waals surface area contributed by atoms with Crippen molar-refractivity contribution in [1.29, 1.82) is 0 Å². The summed E-state index contributed by atoms with van der Waals surface area (Å²) in [6.07, 6.45) is 1.22. The molecule has 0 rings (SSSR count). The normalized spacial score (nSPS) is 11.1. The van der Waals surface area contributed by atoms with Crippen LogP contribution in [0.2, 0.25) is 0 Å². The van der Waals surface area contributed by atoms with E-state index in [-0.39, 0.29) is 18.6 Å². The average Bonchev–Trinajstić information content (AvgIpc) is 2.13. The van der Waals surface area contributed by atoms with Gasteiger partial charge in [0.1, 0.15) is 6.61 Å². The summed E-state index contributed by atoms with van der Waals surface area (Å²) >= 11 is 0. The molecular weight excluding hydrogens is 192 g/mol. The summed E-state index contributed by atoms with van der Waals surface area (Å²) in [5, 5.41) is 5.88. The number of amides is 1. The Hall–Kier alpha value is -0.610. The molecule has 0 aliphatic rings. The maximum absolute atomic E-state index is 11.2. The van der Waals surface area contributed by atoms with Gasteiger partial charge in [0.2, 0.25) is 5.91 Å². The first-order chi connectivity index (χ1) is 7.02. The number of hydrogen-bond acceptors (Lipinski definition) is 3. The Morgan fingerprint density at radius 1 is 1.27 bits per heavy atom. The molecule has 0 bridgehead atoms. The van der Waals surface area contributed by atoms with Crippen LogP contribution in [0.4, 0.5) is 0 Å². The highest BCUT2D eigenvalue weighted by Gasteiger charge is 2.01. The van der Waals surface area contributed by atoms with Gasteiger partial charge in [-0.25, -0.2) is 0 Å². The van der Waals surface area contributed by atoms with E-state index in [0.717, 1.165) is 13.0 Å². The number of nitrogens with one attached hydrogen (secondary N) is 2. The van der Waals surface area contributed by atoms with E-state index in [0.29, 0.717) is 12.6 Å². The minimum absolute atomic E-state index is 0.0688. The summed E-state index contributed by atoms with van der Waals surface area (Å²) in [5.41, 5.74) is 0. The fraction of sp³-hybridized carbons (Fsp3) is 0.909. The highest BCUT2D eigenvalue weighted by molar-refractivity contribution is 5.77. The van der Waals surface area contributed by atoms with Crippen molar-refractivity contribution in [3.05, 3.63) is 0 Å². The predicted octanol–water partition coefficient (Wildman–Crippen LogP) is 1.12. The van der Waals surface area contributed by atoms with Crippen molar-refractivity contribution >= 4 is 5.91 Å². The molecule has 0 aliphatic heterocycles. The van der Waals surface area contributed by atoms with Crippen LogP contribution in [-0.2, 0) is 9.53 Å². The van der Waals surface area contributed by atoms with Crippen LogP contribution < -0.4 is 10.6 Å². The van der Waals surface area contributed by atoms with Crippen molar-refractivity contribution < 1.29 is 9.53 Å². The fourth-order valence-corrected chi connectivity index (χ4v) is 0.934. The molecule has 0 atom stereocenters. The van der Waals surface area contributed by atoms with Gasteiger partial charge in [-0.1, -0.05) is 13.8 Å². The molecule has 0 saturated carbocycles. The Morgan fingerprint density at radius 3 is 2.47 bits per heavy atom. The third kappa shape index (κ3) is 11.3. The van der Waals surface area contributed by atoms with Crippen molar-refractivity contribution in [3.8, 4) is 0 Å². The average molecular weight is 216 g/mol. The van der Waals surface area contributed by atoms with Crippen LogP contribution >= 0.6 is 0 Å². The largest absolute Gasteiger partial charge is 0.369 e. The van der Waals surface area contributed by atoms with E-state index in [9.17, 15) is 4.79 Å². The minimum Gasteiger partial charge on any atom is -0.369 e. The summed E-state index contributed by atoms with van der Waals surface area (Å²) in [4.78, 5) is 11.2. The van der Waals surface area contributed by atoms with Gasteiger partial charge < -0.3 is 10.1 Å². The van der Waals surface area contributed by atoms with Gasteiger partial charge in [-0.3, -0.25) is 10.1 Å². The SMILES string of the molecule is CC(C)CCNCNC(=O)COC(C)C. The third-order valence-corrected chi connectivity index (χ3v) is 1.86. The van der Waals surface area contributed by atoms with Crippen molar-refractivity contribution in [3.63, 3.8) is 0 Å². The molecule has 4 heteroatoms. The predicted molar refractivity (Wildman–Crippen MR) is 61.6 cm³/mol. The highest BCUT2D eigenvalue weighted by atomic mass is 16.5. The van der Waals surface area contributed by atoms with Gasteiger partial charge in [0.15, 0.2) is 0 Å². The number of rotatable bonds is 8. The molecule has 0 unspecified atom stereocenters.